The van der Waals surface area contributed by atoms with Gasteiger partial charge in [-0.25, -0.2) is 15.0 Å². The molecule has 40 heavy (non-hydrogen) atoms. The van der Waals surface area contributed by atoms with Crippen molar-refractivity contribution in [1.29, 1.82) is 0 Å². The third-order valence-corrected chi connectivity index (χ3v) is 7.49. The fourth-order valence-corrected chi connectivity index (χ4v) is 5.26. The minimum Gasteiger partial charge on any atom is -0.394 e. The van der Waals surface area contributed by atoms with E-state index < -0.39 is 42.9 Å². The molecule has 0 unspecified atom stereocenters. The van der Waals surface area contributed by atoms with Crippen molar-refractivity contribution in [2.75, 3.05) is 42.6 Å². The Morgan fingerprint density at radius 1 is 0.825 bits per heavy atom. The van der Waals surface area contributed by atoms with Gasteiger partial charge in [-0.05, 0) is 35.4 Å². The minimum absolute atomic E-state index is 0.427. The highest BCUT2D eigenvalue weighted by atomic mass is 19.4. The molecule has 10 nitrogen and oxygen atoms in total. The van der Waals surface area contributed by atoms with Gasteiger partial charge in [0.15, 0.2) is 23.2 Å². The van der Waals surface area contributed by atoms with Gasteiger partial charge in [0.2, 0.25) is 0 Å². The van der Waals surface area contributed by atoms with Crippen molar-refractivity contribution in [2.45, 2.75) is 30.7 Å². The number of aliphatic hydroxyl groups is 3. The highest BCUT2D eigenvalue weighted by Gasteiger charge is 2.44. The van der Waals surface area contributed by atoms with Crippen LogP contribution in [0.25, 0.3) is 22.3 Å². The molecule has 0 bridgehead atoms. The second-order valence-corrected chi connectivity index (χ2v) is 9.85. The summed E-state index contributed by atoms with van der Waals surface area (Å²) in [5.74, 6) is 0.646. The summed E-state index contributed by atoms with van der Waals surface area (Å²) < 4.78 is 45.8. The molecule has 2 aliphatic heterocycles. The number of piperazine rings is 1. The van der Waals surface area contributed by atoms with E-state index in [-0.39, 0.29) is 0 Å². The number of aliphatic hydroxyl groups excluding tert-OH is 3. The van der Waals surface area contributed by atoms with Crippen molar-refractivity contribution < 1.29 is 33.2 Å². The van der Waals surface area contributed by atoms with Gasteiger partial charge < -0.3 is 29.9 Å². The number of fused-ring (bicyclic) bond motifs is 1. The van der Waals surface area contributed by atoms with Crippen molar-refractivity contribution >= 4 is 22.7 Å². The number of hydrogen-bond donors (Lipinski definition) is 3. The van der Waals surface area contributed by atoms with Gasteiger partial charge in [-0.3, -0.25) is 4.57 Å². The summed E-state index contributed by atoms with van der Waals surface area (Å²) >= 11 is 0. The predicted molar refractivity (Wildman–Crippen MR) is 140 cm³/mol. The molecule has 2 aromatic heterocycles. The van der Waals surface area contributed by atoms with Crippen molar-refractivity contribution in [2.24, 2.45) is 0 Å². The van der Waals surface area contributed by atoms with E-state index in [4.69, 9.17) is 4.74 Å². The van der Waals surface area contributed by atoms with Gasteiger partial charge in [-0.15, -0.1) is 0 Å². The number of anilines is 2. The lowest BCUT2D eigenvalue weighted by atomic mass is 10.0. The molecule has 0 spiro atoms. The number of nitrogens with zero attached hydrogens (tertiary/aromatic N) is 6. The average Bonchev–Trinajstić information content (AvgIpc) is 3.53. The van der Waals surface area contributed by atoms with E-state index in [0.29, 0.717) is 48.7 Å². The normalized spacial score (nSPS) is 23.8. The number of hydrogen-bond acceptors (Lipinski definition) is 9. The zero-order valence-electron chi connectivity index (χ0n) is 21.2. The van der Waals surface area contributed by atoms with Crippen LogP contribution < -0.4 is 9.80 Å². The van der Waals surface area contributed by atoms with Crippen LogP contribution in [0.2, 0.25) is 0 Å². The van der Waals surface area contributed by atoms with Crippen molar-refractivity contribution in [1.82, 2.24) is 19.5 Å². The average molecular weight is 557 g/mol. The summed E-state index contributed by atoms with van der Waals surface area (Å²) in [4.78, 5) is 17.6. The Bertz CT molecular complexity index is 1470. The molecular formula is C27H27F3N6O4. The van der Waals surface area contributed by atoms with Crippen LogP contribution in [0, 0.1) is 0 Å². The Kier molecular flexibility index (Phi) is 6.82. The molecule has 0 radical (unpaired) electrons. The van der Waals surface area contributed by atoms with Crippen LogP contribution >= 0.6 is 0 Å². The first-order valence-electron chi connectivity index (χ1n) is 12.8. The molecule has 0 amide bonds. The summed E-state index contributed by atoms with van der Waals surface area (Å²) in [7, 11) is 0. The van der Waals surface area contributed by atoms with Gasteiger partial charge in [0.1, 0.15) is 24.6 Å². The smallest absolute Gasteiger partial charge is 0.394 e. The molecule has 13 heteroatoms. The van der Waals surface area contributed by atoms with E-state index in [1.807, 2.05) is 24.3 Å². The fourth-order valence-electron chi connectivity index (χ4n) is 5.26. The highest BCUT2D eigenvalue weighted by Crippen LogP contribution is 2.34. The fraction of sp³-hybridized carbons (Fsp3) is 0.370. The van der Waals surface area contributed by atoms with Crippen molar-refractivity contribution in [3.63, 3.8) is 0 Å². The van der Waals surface area contributed by atoms with Gasteiger partial charge in [0, 0.05) is 31.9 Å². The second-order valence-electron chi connectivity index (χ2n) is 9.85. The second kappa shape index (κ2) is 10.3. The molecular weight excluding hydrogens is 529 g/mol. The lowest BCUT2D eigenvalue weighted by Gasteiger charge is -2.36. The summed E-state index contributed by atoms with van der Waals surface area (Å²) in [6.45, 7) is 2.31. The van der Waals surface area contributed by atoms with Gasteiger partial charge in [0.05, 0.1) is 18.5 Å². The SMILES string of the molecule is OC[C@H]1O[C@@H](n2cnc3c(N4CCN(c5ccc(-c6ccc(C(F)(F)F)cc6)cc5)CC4)ncnc32)[C@H](O)[C@@H]1O. The number of alkyl halides is 3. The van der Waals surface area contributed by atoms with E-state index in [1.165, 1.54) is 24.8 Å². The zero-order valence-corrected chi connectivity index (χ0v) is 21.2. The van der Waals surface area contributed by atoms with Crippen LogP contribution in [0.1, 0.15) is 11.8 Å². The van der Waals surface area contributed by atoms with Crippen LogP contribution in [0.4, 0.5) is 24.7 Å². The molecule has 4 heterocycles. The van der Waals surface area contributed by atoms with Crippen LogP contribution in [0.15, 0.2) is 61.2 Å². The molecule has 2 fully saturated rings. The Morgan fingerprint density at radius 2 is 1.45 bits per heavy atom. The summed E-state index contributed by atoms with van der Waals surface area (Å²) in [5.41, 5.74) is 2.88. The lowest BCUT2D eigenvalue weighted by Crippen LogP contribution is -2.47. The molecule has 2 aliphatic rings. The van der Waals surface area contributed by atoms with Gasteiger partial charge >= 0.3 is 6.18 Å². The van der Waals surface area contributed by atoms with Crippen molar-refractivity contribution in [3.8, 4) is 11.1 Å². The number of imidazole rings is 1. The van der Waals surface area contributed by atoms with E-state index >= 15 is 0 Å². The van der Waals surface area contributed by atoms with E-state index in [9.17, 15) is 28.5 Å². The molecule has 6 rings (SSSR count). The molecule has 2 aromatic carbocycles. The first-order chi connectivity index (χ1) is 19.2. The summed E-state index contributed by atoms with van der Waals surface area (Å²) in [6.07, 6.45) is -5.78. The maximum absolute atomic E-state index is 12.9. The Balaban J connectivity index is 1.14. The molecule has 2 saturated heterocycles. The van der Waals surface area contributed by atoms with Gasteiger partial charge in [-0.2, -0.15) is 13.2 Å². The quantitative estimate of drug-likeness (QED) is 0.341. The maximum atomic E-state index is 12.9. The maximum Gasteiger partial charge on any atom is 0.416 e. The molecule has 210 valence electrons. The predicted octanol–water partition coefficient (Wildman–Crippen LogP) is 2.45. The molecule has 3 N–H and O–H groups in total. The van der Waals surface area contributed by atoms with Crippen LogP contribution in [0.5, 0.6) is 0 Å². The Hall–Kier alpha value is -3.78. The van der Waals surface area contributed by atoms with Crippen LogP contribution in [-0.4, -0.2) is 85.9 Å². The van der Waals surface area contributed by atoms with Gasteiger partial charge in [-0.1, -0.05) is 24.3 Å². The molecule has 4 atom stereocenters. The standard InChI is InChI=1S/C27H27F3N6O4/c28-27(29,30)18-5-1-16(2-6-18)17-3-7-19(8-4-17)34-9-11-35(12-10-34)24-21-25(32-14-31-24)36(15-33-21)26-23(39)22(38)20(13-37)40-26/h1-8,14-15,20,22-23,26,37-39H,9-13H2/t20-,22-,23-,26-/m1/s1. The van der Waals surface area contributed by atoms with E-state index in [2.05, 4.69) is 24.8 Å². The number of halogens is 3. The highest BCUT2D eigenvalue weighted by molar-refractivity contribution is 5.83. The molecule has 0 aliphatic carbocycles. The Morgan fingerprint density at radius 3 is 2.05 bits per heavy atom. The topological polar surface area (TPSA) is 120 Å². The number of ether oxygens (including phenoxy) is 1. The molecule has 4 aromatic rings. The Labute approximate surface area is 226 Å². The first kappa shape index (κ1) is 26.4. The lowest BCUT2D eigenvalue weighted by molar-refractivity contribution is -0.137. The minimum atomic E-state index is -4.36. The third kappa shape index (κ3) is 4.74. The van der Waals surface area contributed by atoms with Crippen molar-refractivity contribution in [3.05, 3.63) is 66.7 Å². The third-order valence-electron chi connectivity index (χ3n) is 7.49. The summed E-state index contributed by atoms with van der Waals surface area (Å²) in [6, 6.07) is 12.9. The number of aromatic nitrogens is 4. The van der Waals surface area contributed by atoms with Crippen LogP contribution in [0.3, 0.4) is 0 Å². The van der Waals surface area contributed by atoms with Gasteiger partial charge in [0.25, 0.3) is 0 Å². The zero-order chi connectivity index (χ0) is 28.0. The first-order valence-corrected chi connectivity index (χ1v) is 12.8. The van der Waals surface area contributed by atoms with E-state index in [1.54, 1.807) is 4.57 Å². The monoisotopic (exact) mass is 556 g/mol. The number of benzene rings is 2. The van der Waals surface area contributed by atoms with E-state index in [0.717, 1.165) is 23.4 Å². The largest absolute Gasteiger partial charge is 0.416 e. The number of rotatable bonds is 5. The summed E-state index contributed by atoms with van der Waals surface area (Å²) in [5, 5.41) is 30.0. The molecule has 0 saturated carbocycles. The van der Waals surface area contributed by atoms with Crippen LogP contribution in [-0.2, 0) is 10.9 Å².